The standard InChI is InChI=1S/C14H19N3OS/c1-14(2,3)12-16-17-13(19-12)15-9-10-7-5-6-8-11(10)18-4/h5-8H,9H2,1-4H3,(H,15,17). The van der Waals surface area contributed by atoms with Gasteiger partial charge in [0.15, 0.2) is 0 Å². The van der Waals surface area contributed by atoms with Crippen molar-refractivity contribution in [3.63, 3.8) is 0 Å². The third-order valence-corrected chi connectivity index (χ3v) is 4.00. The second-order valence-electron chi connectivity index (χ2n) is 5.33. The van der Waals surface area contributed by atoms with E-state index < -0.39 is 0 Å². The molecule has 1 heterocycles. The van der Waals surface area contributed by atoms with Crippen molar-refractivity contribution in [2.75, 3.05) is 12.4 Å². The molecule has 1 aromatic carbocycles. The van der Waals surface area contributed by atoms with Gasteiger partial charge in [-0.3, -0.25) is 0 Å². The van der Waals surface area contributed by atoms with Crippen LogP contribution in [-0.4, -0.2) is 17.3 Å². The molecule has 0 amide bonds. The second-order valence-corrected chi connectivity index (χ2v) is 6.31. The van der Waals surface area contributed by atoms with E-state index in [9.17, 15) is 0 Å². The van der Waals surface area contributed by atoms with E-state index in [1.54, 1.807) is 18.4 Å². The van der Waals surface area contributed by atoms with Crippen LogP contribution in [0.3, 0.4) is 0 Å². The van der Waals surface area contributed by atoms with Gasteiger partial charge in [0.1, 0.15) is 10.8 Å². The van der Waals surface area contributed by atoms with Crippen molar-refractivity contribution >= 4 is 16.5 Å². The number of para-hydroxylation sites is 1. The molecule has 0 saturated carbocycles. The topological polar surface area (TPSA) is 47.0 Å². The van der Waals surface area contributed by atoms with Crippen LogP contribution in [0.15, 0.2) is 24.3 Å². The Bertz CT molecular complexity index is 546. The maximum absolute atomic E-state index is 5.32. The van der Waals surface area contributed by atoms with Crippen molar-refractivity contribution in [1.82, 2.24) is 10.2 Å². The van der Waals surface area contributed by atoms with Crippen LogP contribution in [0.1, 0.15) is 31.3 Å². The third kappa shape index (κ3) is 3.44. The van der Waals surface area contributed by atoms with Crippen molar-refractivity contribution in [2.45, 2.75) is 32.7 Å². The fraction of sp³-hybridized carbons (Fsp3) is 0.429. The Morgan fingerprint density at radius 2 is 1.95 bits per heavy atom. The number of aromatic nitrogens is 2. The van der Waals surface area contributed by atoms with Gasteiger partial charge in [0.25, 0.3) is 0 Å². The minimum Gasteiger partial charge on any atom is -0.496 e. The Kier molecular flexibility index (Phi) is 4.04. The van der Waals surface area contributed by atoms with Gasteiger partial charge < -0.3 is 10.1 Å². The summed E-state index contributed by atoms with van der Waals surface area (Å²) in [5.41, 5.74) is 1.15. The van der Waals surface area contributed by atoms with Crippen molar-refractivity contribution in [1.29, 1.82) is 0 Å². The van der Waals surface area contributed by atoms with Crippen molar-refractivity contribution in [2.24, 2.45) is 0 Å². The summed E-state index contributed by atoms with van der Waals surface area (Å²) in [7, 11) is 1.68. The van der Waals surface area contributed by atoms with Crippen LogP contribution in [-0.2, 0) is 12.0 Å². The lowest BCUT2D eigenvalue weighted by Gasteiger charge is -2.12. The minimum atomic E-state index is 0.0437. The summed E-state index contributed by atoms with van der Waals surface area (Å²) in [5.74, 6) is 0.885. The van der Waals surface area contributed by atoms with Gasteiger partial charge in [-0.2, -0.15) is 0 Å². The van der Waals surface area contributed by atoms with Crippen LogP contribution < -0.4 is 10.1 Å². The fourth-order valence-electron chi connectivity index (χ4n) is 1.62. The maximum Gasteiger partial charge on any atom is 0.205 e. The molecule has 102 valence electrons. The molecule has 0 radical (unpaired) electrons. The molecule has 0 fully saturated rings. The number of methoxy groups -OCH3 is 1. The van der Waals surface area contributed by atoms with Crippen molar-refractivity contribution in [3.05, 3.63) is 34.8 Å². The number of rotatable bonds is 4. The highest BCUT2D eigenvalue weighted by molar-refractivity contribution is 7.15. The maximum atomic E-state index is 5.32. The molecule has 0 aliphatic carbocycles. The SMILES string of the molecule is COc1ccccc1CNc1nnc(C(C)(C)C)s1. The van der Waals surface area contributed by atoms with E-state index in [1.165, 1.54) is 0 Å². The number of benzene rings is 1. The summed E-state index contributed by atoms with van der Waals surface area (Å²) in [6.07, 6.45) is 0. The largest absolute Gasteiger partial charge is 0.496 e. The molecule has 0 spiro atoms. The van der Waals surface area contributed by atoms with E-state index in [0.29, 0.717) is 6.54 Å². The number of nitrogens with one attached hydrogen (secondary N) is 1. The predicted octanol–water partition coefficient (Wildman–Crippen LogP) is 3.46. The molecule has 0 saturated heterocycles. The Morgan fingerprint density at radius 1 is 1.21 bits per heavy atom. The van der Waals surface area contributed by atoms with Gasteiger partial charge in [-0.15, -0.1) is 10.2 Å². The highest BCUT2D eigenvalue weighted by Gasteiger charge is 2.19. The molecule has 0 bridgehead atoms. The molecule has 0 aliphatic heterocycles. The third-order valence-electron chi connectivity index (χ3n) is 2.69. The summed E-state index contributed by atoms with van der Waals surface area (Å²) in [4.78, 5) is 0. The molecule has 1 N–H and O–H groups in total. The van der Waals surface area contributed by atoms with E-state index in [-0.39, 0.29) is 5.41 Å². The van der Waals surface area contributed by atoms with Crippen molar-refractivity contribution < 1.29 is 4.74 Å². The molecule has 0 unspecified atom stereocenters. The average Bonchev–Trinajstić information content (AvgIpc) is 2.85. The normalized spacial score (nSPS) is 11.4. The Labute approximate surface area is 117 Å². The van der Waals surface area contributed by atoms with E-state index in [0.717, 1.165) is 21.5 Å². The van der Waals surface area contributed by atoms with Gasteiger partial charge in [-0.05, 0) is 6.07 Å². The first-order chi connectivity index (χ1) is 9.00. The van der Waals surface area contributed by atoms with Crippen LogP contribution in [0, 0.1) is 0 Å². The Morgan fingerprint density at radius 3 is 2.58 bits per heavy atom. The molecular formula is C14H19N3OS. The number of anilines is 1. The van der Waals surface area contributed by atoms with Gasteiger partial charge in [-0.25, -0.2) is 0 Å². The van der Waals surface area contributed by atoms with Crippen LogP contribution in [0.4, 0.5) is 5.13 Å². The summed E-state index contributed by atoms with van der Waals surface area (Å²) in [5, 5.41) is 13.6. The van der Waals surface area contributed by atoms with E-state index in [2.05, 4.69) is 36.3 Å². The monoisotopic (exact) mass is 277 g/mol. The van der Waals surface area contributed by atoms with Gasteiger partial charge in [0.2, 0.25) is 5.13 Å². The fourth-order valence-corrected chi connectivity index (χ4v) is 2.41. The van der Waals surface area contributed by atoms with E-state index in [1.807, 2.05) is 24.3 Å². The molecule has 0 atom stereocenters. The zero-order valence-corrected chi connectivity index (χ0v) is 12.5. The lowest BCUT2D eigenvalue weighted by Crippen LogP contribution is -2.10. The Hall–Kier alpha value is -1.62. The summed E-state index contributed by atoms with van der Waals surface area (Å²) in [6, 6.07) is 7.96. The number of hydrogen-bond donors (Lipinski definition) is 1. The van der Waals surface area contributed by atoms with Gasteiger partial charge >= 0.3 is 0 Å². The first-order valence-corrected chi connectivity index (χ1v) is 7.02. The minimum absolute atomic E-state index is 0.0437. The summed E-state index contributed by atoms with van der Waals surface area (Å²) >= 11 is 1.60. The number of nitrogens with zero attached hydrogens (tertiary/aromatic N) is 2. The van der Waals surface area contributed by atoms with Crippen LogP contribution in [0.2, 0.25) is 0 Å². The molecule has 0 aliphatic rings. The quantitative estimate of drug-likeness (QED) is 0.929. The average molecular weight is 277 g/mol. The van der Waals surface area contributed by atoms with Gasteiger partial charge in [0.05, 0.1) is 7.11 Å². The lowest BCUT2D eigenvalue weighted by molar-refractivity contribution is 0.410. The van der Waals surface area contributed by atoms with Gasteiger partial charge in [-0.1, -0.05) is 50.3 Å². The first-order valence-electron chi connectivity index (χ1n) is 6.20. The molecular weight excluding hydrogens is 258 g/mol. The number of ether oxygens (including phenoxy) is 1. The molecule has 1 aromatic heterocycles. The highest BCUT2D eigenvalue weighted by atomic mass is 32.1. The van der Waals surface area contributed by atoms with Crippen LogP contribution in [0.25, 0.3) is 0 Å². The zero-order valence-electron chi connectivity index (χ0n) is 11.7. The summed E-state index contributed by atoms with van der Waals surface area (Å²) < 4.78 is 5.32. The second kappa shape index (κ2) is 5.57. The van der Waals surface area contributed by atoms with Crippen molar-refractivity contribution in [3.8, 4) is 5.75 Å². The van der Waals surface area contributed by atoms with E-state index in [4.69, 9.17) is 4.74 Å². The van der Waals surface area contributed by atoms with Crippen LogP contribution >= 0.6 is 11.3 Å². The van der Waals surface area contributed by atoms with Gasteiger partial charge in [0, 0.05) is 17.5 Å². The molecule has 2 aromatic rings. The van der Waals surface area contributed by atoms with E-state index >= 15 is 0 Å². The molecule has 19 heavy (non-hydrogen) atoms. The molecule has 5 heteroatoms. The van der Waals surface area contributed by atoms with Crippen LogP contribution in [0.5, 0.6) is 5.75 Å². The number of hydrogen-bond acceptors (Lipinski definition) is 5. The smallest absolute Gasteiger partial charge is 0.205 e. The first kappa shape index (κ1) is 13.8. The molecule has 4 nitrogen and oxygen atoms in total. The molecule has 2 rings (SSSR count). The predicted molar refractivity (Wildman–Crippen MR) is 78.9 cm³/mol. The zero-order chi connectivity index (χ0) is 13.9. The highest BCUT2D eigenvalue weighted by Crippen LogP contribution is 2.28. The Balaban J connectivity index is 2.05. The summed E-state index contributed by atoms with van der Waals surface area (Å²) in [6.45, 7) is 7.09. The lowest BCUT2D eigenvalue weighted by atomic mass is 9.98.